The monoisotopic (exact) mass is 182 g/mol. The summed E-state index contributed by atoms with van der Waals surface area (Å²) in [5.74, 6) is 0.474. The Hall–Kier alpha value is -0.590. The van der Waals surface area contributed by atoms with Crippen LogP contribution in [0.3, 0.4) is 0 Å². The molecule has 0 spiro atoms. The van der Waals surface area contributed by atoms with Crippen molar-refractivity contribution in [1.29, 1.82) is 0 Å². The molecular weight excluding hydrogens is 160 g/mol. The first-order chi connectivity index (χ1) is 6.22. The first-order valence-corrected chi connectivity index (χ1v) is 5.42. The minimum atomic E-state index is 0.197. The van der Waals surface area contributed by atoms with Gasteiger partial charge in [0.25, 0.3) is 0 Å². The third-order valence-corrected chi connectivity index (χ3v) is 2.35. The molecule has 1 unspecified atom stereocenters. The second-order valence-corrected chi connectivity index (χ2v) is 3.61. The van der Waals surface area contributed by atoms with Crippen molar-refractivity contribution in [2.75, 3.05) is 0 Å². The summed E-state index contributed by atoms with van der Waals surface area (Å²) in [6.45, 7) is 6.22. The standard InChI is InChI=1S/C12H22O/c1-4-6-7-8-9-10-12(13)11(3)5-2/h9-11H,4-8H2,1-3H3. The van der Waals surface area contributed by atoms with E-state index in [-0.39, 0.29) is 11.7 Å². The van der Waals surface area contributed by atoms with Crippen molar-refractivity contribution in [2.45, 2.75) is 52.9 Å². The normalized spacial score (nSPS) is 13.5. The van der Waals surface area contributed by atoms with Gasteiger partial charge in [0.2, 0.25) is 0 Å². The highest BCUT2D eigenvalue weighted by Crippen LogP contribution is 2.05. The van der Waals surface area contributed by atoms with E-state index in [1.165, 1.54) is 19.3 Å². The first kappa shape index (κ1) is 12.4. The Balaban J connectivity index is 3.53. The van der Waals surface area contributed by atoms with Crippen molar-refractivity contribution in [3.63, 3.8) is 0 Å². The van der Waals surface area contributed by atoms with Gasteiger partial charge in [-0.05, 0) is 25.3 Å². The number of allylic oxidation sites excluding steroid dienone is 2. The molecule has 0 radical (unpaired) electrons. The summed E-state index contributed by atoms with van der Waals surface area (Å²) < 4.78 is 0. The predicted octanol–water partition coefficient (Wildman–Crippen LogP) is 3.74. The lowest BCUT2D eigenvalue weighted by atomic mass is 10.0. The molecule has 76 valence electrons. The fourth-order valence-corrected chi connectivity index (χ4v) is 1.08. The van der Waals surface area contributed by atoms with Gasteiger partial charge in [-0.3, -0.25) is 4.79 Å². The molecule has 1 heteroatoms. The van der Waals surface area contributed by atoms with E-state index in [0.29, 0.717) is 0 Å². The third-order valence-electron chi connectivity index (χ3n) is 2.35. The van der Waals surface area contributed by atoms with Crippen molar-refractivity contribution in [3.05, 3.63) is 12.2 Å². The van der Waals surface area contributed by atoms with Gasteiger partial charge < -0.3 is 0 Å². The Morgan fingerprint density at radius 1 is 1.31 bits per heavy atom. The Morgan fingerprint density at radius 2 is 2.00 bits per heavy atom. The van der Waals surface area contributed by atoms with Crippen molar-refractivity contribution >= 4 is 5.78 Å². The molecule has 0 heterocycles. The van der Waals surface area contributed by atoms with Crippen LogP contribution in [0.15, 0.2) is 12.2 Å². The number of hydrogen-bond donors (Lipinski definition) is 0. The number of carbonyl (C=O) groups is 1. The molecule has 0 aromatic rings. The number of carbonyl (C=O) groups excluding carboxylic acids is 1. The van der Waals surface area contributed by atoms with Gasteiger partial charge in [0.15, 0.2) is 5.78 Å². The maximum absolute atomic E-state index is 11.3. The van der Waals surface area contributed by atoms with Gasteiger partial charge >= 0.3 is 0 Å². The lowest BCUT2D eigenvalue weighted by Gasteiger charge is -2.01. The highest BCUT2D eigenvalue weighted by Gasteiger charge is 2.05. The molecule has 0 aromatic heterocycles. The molecule has 0 rings (SSSR count). The highest BCUT2D eigenvalue weighted by molar-refractivity contribution is 5.91. The van der Waals surface area contributed by atoms with Gasteiger partial charge in [-0.25, -0.2) is 0 Å². The molecule has 0 aromatic carbocycles. The Kier molecular flexibility index (Phi) is 7.66. The van der Waals surface area contributed by atoms with E-state index >= 15 is 0 Å². The van der Waals surface area contributed by atoms with Gasteiger partial charge in [-0.2, -0.15) is 0 Å². The molecule has 0 aliphatic carbocycles. The summed E-state index contributed by atoms with van der Waals surface area (Å²) >= 11 is 0. The Bertz CT molecular complexity index is 159. The molecule has 0 bridgehead atoms. The summed E-state index contributed by atoms with van der Waals surface area (Å²) in [6.07, 6.45) is 9.48. The van der Waals surface area contributed by atoms with Gasteiger partial charge in [0, 0.05) is 5.92 Å². The molecule has 0 saturated heterocycles. The van der Waals surface area contributed by atoms with Crippen LogP contribution in [-0.4, -0.2) is 5.78 Å². The highest BCUT2D eigenvalue weighted by atomic mass is 16.1. The maximum atomic E-state index is 11.3. The zero-order valence-electron chi connectivity index (χ0n) is 9.18. The van der Waals surface area contributed by atoms with Crippen molar-refractivity contribution < 1.29 is 4.79 Å². The van der Waals surface area contributed by atoms with Crippen LogP contribution in [0, 0.1) is 5.92 Å². The topological polar surface area (TPSA) is 17.1 Å². The summed E-state index contributed by atoms with van der Waals surface area (Å²) in [7, 11) is 0. The van der Waals surface area contributed by atoms with Crippen LogP contribution in [-0.2, 0) is 4.79 Å². The number of unbranched alkanes of at least 4 members (excludes halogenated alkanes) is 3. The summed E-state index contributed by atoms with van der Waals surface area (Å²) in [6, 6.07) is 0. The average molecular weight is 182 g/mol. The van der Waals surface area contributed by atoms with Gasteiger partial charge in [0.1, 0.15) is 0 Å². The van der Waals surface area contributed by atoms with Crippen LogP contribution < -0.4 is 0 Å². The minimum absolute atomic E-state index is 0.197. The summed E-state index contributed by atoms with van der Waals surface area (Å²) in [4.78, 5) is 11.3. The fraction of sp³-hybridized carbons (Fsp3) is 0.750. The molecule has 0 N–H and O–H groups in total. The molecule has 0 aliphatic heterocycles. The van der Waals surface area contributed by atoms with E-state index in [4.69, 9.17) is 0 Å². The molecule has 0 aliphatic rings. The SMILES string of the molecule is CCCCCC=CC(=O)C(C)CC. The van der Waals surface area contributed by atoms with Crippen LogP contribution in [0.4, 0.5) is 0 Å². The summed E-state index contributed by atoms with van der Waals surface area (Å²) in [5.41, 5.74) is 0. The molecule has 1 nitrogen and oxygen atoms in total. The molecule has 0 saturated carbocycles. The predicted molar refractivity (Wildman–Crippen MR) is 57.7 cm³/mol. The smallest absolute Gasteiger partial charge is 0.158 e. The van der Waals surface area contributed by atoms with E-state index in [1.54, 1.807) is 6.08 Å². The lowest BCUT2D eigenvalue weighted by molar-refractivity contribution is -0.117. The molecule has 0 amide bonds. The van der Waals surface area contributed by atoms with E-state index in [2.05, 4.69) is 6.92 Å². The zero-order valence-corrected chi connectivity index (χ0v) is 9.18. The van der Waals surface area contributed by atoms with Gasteiger partial charge in [-0.15, -0.1) is 0 Å². The summed E-state index contributed by atoms with van der Waals surface area (Å²) in [5, 5.41) is 0. The van der Waals surface area contributed by atoms with Crippen LogP contribution in [0.1, 0.15) is 52.9 Å². The average Bonchev–Trinajstić information content (AvgIpc) is 2.16. The van der Waals surface area contributed by atoms with E-state index in [9.17, 15) is 4.79 Å². The van der Waals surface area contributed by atoms with Crippen LogP contribution >= 0.6 is 0 Å². The van der Waals surface area contributed by atoms with Gasteiger partial charge in [-0.1, -0.05) is 39.7 Å². The largest absolute Gasteiger partial charge is 0.295 e. The zero-order chi connectivity index (χ0) is 10.1. The molecule has 0 fully saturated rings. The third kappa shape index (κ3) is 6.56. The molecule has 1 atom stereocenters. The van der Waals surface area contributed by atoms with E-state index < -0.39 is 0 Å². The van der Waals surface area contributed by atoms with Crippen LogP contribution in [0.25, 0.3) is 0 Å². The first-order valence-electron chi connectivity index (χ1n) is 5.42. The number of ketones is 1. The maximum Gasteiger partial charge on any atom is 0.158 e. The van der Waals surface area contributed by atoms with Crippen molar-refractivity contribution in [3.8, 4) is 0 Å². The number of hydrogen-bond acceptors (Lipinski definition) is 1. The van der Waals surface area contributed by atoms with Gasteiger partial charge in [0.05, 0.1) is 0 Å². The Morgan fingerprint density at radius 3 is 2.54 bits per heavy atom. The number of rotatable bonds is 7. The lowest BCUT2D eigenvalue weighted by Crippen LogP contribution is -2.05. The second-order valence-electron chi connectivity index (χ2n) is 3.61. The van der Waals surface area contributed by atoms with E-state index in [0.717, 1.165) is 12.8 Å². The van der Waals surface area contributed by atoms with Crippen LogP contribution in [0.5, 0.6) is 0 Å². The second kappa shape index (κ2) is 8.03. The quantitative estimate of drug-likeness (QED) is 0.433. The van der Waals surface area contributed by atoms with Crippen molar-refractivity contribution in [2.24, 2.45) is 5.92 Å². The Labute approximate surface area is 82.2 Å². The van der Waals surface area contributed by atoms with E-state index in [1.807, 2.05) is 19.9 Å². The van der Waals surface area contributed by atoms with Crippen molar-refractivity contribution in [1.82, 2.24) is 0 Å². The minimum Gasteiger partial charge on any atom is -0.295 e. The molecular formula is C12H22O. The molecule has 13 heavy (non-hydrogen) atoms. The fourth-order valence-electron chi connectivity index (χ4n) is 1.08. The van der Waals surface area contributed by atoms with Crippen LogP contribution in [0.2, 0.25) is 0 Å².